The van der Waals surface area contributed by atoms with E-state index in [9.17, 15) is 9.50 Å². The third-order valence-electron chi connectivity index (χ3n) is 6.18. The molecule has 0 atom stereocenters. The normalized spacial score (nSPS) is 14.5. The van der Waals surface area contributed by atoms with Crippen molar-refractivity contribution in [3.63, 3.8) is 0 Å². The highest BCUT2D eigenvalue weighted by molar-refractivity contribution is 6.33. The number of aromatic amines is 1. The number of aliphatic hydroxyl groups is 1. The van der Waals surface area contributed by atoms with E-state index in [1.807, 2.05) is 18.2 Å². The molecular formula is C25H26ClFN6O2. The van der Waals surface area contributed by atoms with Crippen LogP contribution < -0.4 is 15.0 Å². The summed E-state index contributed by atoms with van der Waals surface area (Å²) in [5, 5.41) is 13.7. The van der Waals surface area contributed by atoms with E-state index in [0.29, 0.717) is 28.7 Å². The predicted octanol–water partition coefficient (Wildman–Crippen LogP) is 4.28. The molecule has 0 aliphatic carbocycles. The number of rotatable bonds is 7. The summed E-state index contributed by atoms with van der Waals surface area (Å²) in [7, 11) is 1.64. The molecular weight excluding hydrogens is 471 g/mol. The molecule has 0 saturated carbocycles. The van der Waals surface area contributed by atoms with Crippen molar-refractivity contribution >= 4 is 39.8 Å². The molecule has 3 N–H and O–H groups in total. The maximum Gasteiger partial charge on any atom is 0.227 e. The zero-order valence-electron chi connectivity index (χ0n) is 19.3. The molecule has 2 aromatic heterocycles. The monoisotopic (exact) mass is 496 g/mol. The second-order valence-corrected chi connectivity index (χ2v) is 8.79. The van der Waals surface area contributed by atoms with Gasteiger partial charge >= 0.3 is 0 Å². The number of halogens is 2. The van der Waals surface area contributed by atoms with E-state index >= 15 is 0 Å². The number of nitrogens with zero attached hydrogens (tertiary/aromatic N) is 4. The first-order chi connectivity index (χ1) is 17.0. The fourth-order valence-electron chi connectivity index (χ4n) is 4.37. The topological polar surface area (TPSA) is 89.5 Å². The molecule has 182 valence electrons. The van der Waals surface area contributed by atoms with Gasteiger partial charge in [-0.05, 0) is 24.3 Å². The summed E-state index contributed by atoms with van der Waals surface area (Å²) < 4.78 is 19.1. The molecule has 8 nitrogen and oxygen atoms in total. The lowest BCUT2D eigenvalue weighted by Crippen LogP contribution is -2.47. The number of β-amino-alcohol motifs (C(OH)–C–C–N with tert-alkyl or cyclic N) is 1. The summed E-state index contributed by atoms with van der Waals surface area (Å²) in [6, 6.07) is 10.5. The van der Waals surface area contributed by atoms with Crippen LogP contribution in [-0.4, -0.2) is 71.4 Å². The van der Waals surface area contributed by atoms with Crippen molar-refractivity contribution < 1.29 is 14.2 Å². The van der Waals surface area contributed by atoms with E-state index in [0.717, 1.165) is 54.3 Å². The van der Waals surface area contributed by atoms with Gasteiger partial charge in [0.1, 0.15) is 11.6 Å². The van der Waals surface area contributed by atoms with Gasteiger partial charge in [-0.15, -0.1) is 0 Å². The van der Waals surface area contributed by atoms with Gasteiger partial charge in [0.05, 0.1) is 30.6 Å². The van der Waals surface area contributed by atoms with Crippen molar-refractivity contribution in [1.82, 2.24) is 19.9 Å². The summed E-state index contributed by atoms with van der Waals surface area (Å²) in [6.07, 6.45) is 3.32. The SMILES string of the molecule is COc1cc(Nc2ncc(Cl)c(-c3c[nH]c4cc(F)ccc34)n2)cc(N2CCN(CCO)CC2)c1. The fourth-order valence-corrected chi connectivity index (χ4v) is 4.56. The van der Waals surface area contributed by atoms with Crippen LogP contribution in [0.1, 0.15) is 0 Å². The van der Waals surface area contributed by atoms with E-state index in [-0.39, 0.29) is 12.4 Å². The molecule has 5 rings (SSSR count). The highest BCUT2D eigenvalue weighted by atomic mass is 35.5. The van der Waals surface area contributed by atoms with Crippen molar-refractivity contribution in [1.29, 1.82) is 0 Å². The lowest BCUT2D eigenvalue weighted by Gasteiger charge is -2.36. The Kier molecular flexibility index (Phi) is 6.72. The third-order valence-corrected chi connectivity index (χ3v) is 6.46. The zero-order chi connectivity index (χ0) is 24.4. The number of aliphatic hydroxyl groups excluding tert-OH is 1. The number of ether oxygens (including phenoxy) is 1. The summed E-state index contributed by atoms with van der Waals surface area (Å²) in [5.74, 6) is 0.786. The Morgan fingerprint density at radius 3 is 2.77 bits per heavy atom. The van der Waals surface area contributed by atoms with E-state index in [2.05, 4.69) is 30.1 Å². The second kappa shape index (κ2) is 10.1. The highest BCUT2D eigenvalue weighted by Gasteiger charge is 2.19. The molecule has 3 heterocycles. The van der Waals surface area contributed by atoms with Crippen molar-refractivity contribution in [2.45, 2.75) is 0 Å². The predicted molar refractivity (Wildman–Crippen MR) is 136 cm³/mol. The van der Waals surface area contributed by atoms with Crippen LogP contribution in [-0.2, 0) is 0 Å². The molecule has 1 saturated heterocycles. The van der Waals surface area contributed by atoms with Crippen LogP contribution in [0.25, 0.3) is 22.2 Å². The Balaban J connectivity index is 1.42. The highest BCUT2D eigenvalue weighted by Crippen LogP contribution is 2.34. The number of H-pyrrole nitrogens is 1. The lowest BCUT2D eigenvalue weighted by molar-refractivity contribution is 0.189. The van der Waals surface area contributed by atoms with Crippen molar-refractivity contribution in [3.05, 3.63) is 59.6 Å². The first-order valence-corrected chi connectivity index (χ1v) is 11.8. The molecule has 1 aliphatic rings. The molecule has 0 unspecified atom stereocenters. The minimum absolute atomic E-state index is 0.172. The average Bonchev–Trinajstić information content (AvgIpc) is 3.28. The third kappa shape index (κ3) is 5.02. The number of piperazine rings is 1. The van der Waals surface area contributed by atoms with Gasteiger partial charge in [0.25, 0.3) is 0 Å². The minimum Gasteiger partial charge on any atom is -0.497 e. The smallest absolute Gasteiger partial charge is 0.227 e. The van der Waals surface area contributed by atoms with Crippen molar-refractivity contribution in [2.24, 2.45) is 0 Å². The minimum atomic E-state index is -0.314. The maximum absolute atomic E-state index is 13.6. The van der Waals surface area contributed by atoms with E-state index in [1.165, 1.54) is 12.1 Å². The van der Waals surface area contributed by atoms with Crippen LogP contribution in [0.4, 0.5) is 21.7 Å². The summed E-state index contributed by atoms with van der Waals surface area (Å²) in [4.78, 5) is 16.6. The number of aromatic nitrogens is 3. The zero-order valence-corrected chi connectivity index (χ0v) is 20.0. The number of hydrogen-bond acceptors (Lipinski definition) is 7. The quantitative estimate of drug-likeness (QED) is 0.352. The molecule has 0 spiro atoms. The molecule has 4 aromatic rings. The largest absolute Gasteiger partial charge is 0.497 e. The second-order valence-electron chi connectivity index (χ2n) is 8.38. The van der Waals surface area contributed by atoms with Crippen LogP contribution in [0.5, 0.6) is 5.75 Å². The molecule has 0 radical (unpaired) electrons. The lowest BCUT2D eigenvalue weighted by atomic mass is 10.1. The maximum atomic E-state index is 13.6. The number of hydrogen-bond donors (Lipinski definition) is 3. The summed E-state index contributed by atoms with van der Waals surface area (Å²) in [5.41, 5.74) is 3.79. The summed E-state index contributed by atoms with van der Waals surface area (Å²) in [6.45, 7) is 4.36. The number of methoxy groups -OCH3 is 1. The van der Waals surface area contributed by atoms with Crippen LogP contribution in [0.15, 0.2) is 48.8 Å². The van der Waals surface area contributed by atoms with Gasteiger partial charge in [-0.3, -0.25) is 4.90 Å². The Bertz CT molecular complexity index is 1340. The fraction of sp³-hybridized carbons (Fsp3) is 0.280. The Hall–Kier alpha value is -3.40. The van der Waals surface area contributed by atoms with Gasteiger partial charge in [-0.25, -0.2) is 14.4 Å². The van der Waals surface area contributed by atoms with Crippen molar-refractivity contribution in [2.75, 3.05) is 56.7 Å². The van der Waals surface area contributed by atoms with Crippen LogP contribution >= 0.6 is 11.6 Å². The van der Waals surface area contributed by atoms with Gasteiger partial charge < -0.3 is 25.0 Å². The van der Waals surface area contributed by atoms with E-state index in [1.54, 1.807) is 25.6 Å². The van der Waals surface area contributed by atoms with Gasteiger partial charge in [0.15, 0.2) is 0 Å². The van der Waals surface area contributed by atoms with E-state index in [4.69, 9.17) is 16.3 Å². The summed E-state index contributed by atoms with van der Waals surface area (Å²) >= 11 is 6.44. The van der Waals surface area contributed by atoms with Gasteiger partial charge in [0, 0.05) is 78.9 Å². The molecule has 2 aromatic carbocycles. The number of benzene rings is 2. The molecule has 0 bridgehead atoms. The number of fused-ring (bicyclic) bond motifs is 1. The molecule has 0 amide bonds. The Morgan fingerprint density at radius 1 is 1.17 bits per heavy atom. The van der Waals surface area contributed by atoms with Gasteiger partial charge in [-0.1, -0.05) is 11.6 Å². The number of anilines is 3. The first-order valence-electron chi connectivity index (χ1n) is 11.4. The number of nitrogens with one attached hydrogen (secondary N) is 2. The van der Waals surface area contributed by atoms with Gasteiger partial charge in [-0.2, -0.15) is 0 Å². The van der Waals surface area contributed by atoms with Gasteiger partial charge in [0.2, 0.25) is 5.95 Å². The molecule has 1 fully saturated rings. The molecule has 10 heteroatoms. The van der Waals surface area contributed by atoms with Crippen LogP contribution in [0.2, 0.25) is 5.02 Å². The Morgan fingerprint density at radius 2 is 2.00 bits per heavy atom. The van der Waals surface area contributed by atoms with E-state index < -0.39 is 0 Å². The Labute approximate surface area is 207 Å². The molecule has 1 aliphatic heterocycles. The first kappa shape index (κ1) is 23.3. The van der Waals surface area contributed by atoms with Crippen LogP contribution in [0.3, 0.4) is 0 Å². The molecule has 35 heavy (non-hydrogen) atoms. The van der Waals surface area contributed by atoms with Crippen molar-refractivity contribution in [3.8, 4) is 17.0 Å². The van der Waals surface area contributed by atoms with Crippen LogP contribution in [0, 0.1) is 5.82 Å². The standard InChI is InChI=1S/C25H26ClFN6O2/c1-35-19-12-17(11-18(13-19)33-6-4-32(5-7-33)8-9-34)30-25-29-15-22(26)24(31-25)21-14-28-23-10-16(27)2-3-20(21)23/h2-3,10-15,28,34H,4-9H2,1H3,(H,29,30,31). The average molecular weight is 497 g/mol.